The van der Waals surface area contributed by atoms with E-state index < -0.39 is 0 Å². The molecule has 0 unspecified atom stereocenters. The molecule has 0 atom stereocenters. The van der Waals surface area contributed by atoms with Crippen LogP contribution in [0.2, 0.25) is 5.02 Å². The normalized spacial score (nSPS) is 21.1. The molecule has 116 valence electrons. The van der Waals surface area contributed by atoms with Gasteiger partial charge in [-0.3, -0.25) is 0 Å². The van der Waals surface area contributed by atoms with Gasteiger partial charge in [0.05, 0.1) is 13.2 Å². The number of hydrogen-bond donors (Lipinski definition) is 1. The molecule has 2 aliphatic rings. The first kappa shape index (κ1) is 15.0. The molecule has 21 heavy (non-hydrogen) atoms. The standard InChI is InChI=1S/C17H24ClNO2/c1-20-15-10-12(18)9-14(17(11-19)7-4-8-17)16(15)21-13-5-2-3-6-13/h9-10,13H,2-8,11,19H2,1H3. The van der Waals surface area contributed by atoms with Crippen LogP contribution in [0, 0.1) is 0 Å². The number of halogens is 1. The van der Waals surface area contributed by atoms with E-state index in [4.69, 9.17) is 26.8 Å². The Labute approximate surface area is 131 Å². The Bertz CT molecular complexity index is 502. The van der Waals surface area contributed by atoms with Crippen LogP contribution in [0.1, 0.15) is 50.5 Å². The number of ether oxygens (including phenoxy) is 2. The Hall–Kier alpha value is -0.930. The van der Waals surface area contributed by atoms with E-state index in [1.807, 2.05) is 12.1 Å². The van der Waals surface area contributed by atoms with Crippen molar-refractivity contribution in [3.8, 4) is 11.5 Å². The van der Waals surface area contributed by atoms with Gasteiger partial charge in [-0.05, 0) is 44.6 Å². The van der Waals surface area contributed by atoms with Crippen LogP contribution in [-0.4, -0.2) is 19.8 Å². The summed E-state index contributed by atoms with van der Waals surface area (Å²) in [6.45, 7) is 0.636. The van der Waals surface area contributed by atoms with E-state index in [0.717, 1.165) is 42.7 Å². The molecular weight excluding hydrogens is 286 g/mol. The van der Waals surface area contributed by atoms with Crippen LogP contribution in [-0.2, 0) is 5.41 Å². The minimum absolute atomic E-state index is 0.0200. The quantitative estimate of drug-likeness (QED) is 0.892. The van der Waals surface area contributed by atoms with Crippen molar-refractivity contribution < 1.29 is 9.47 Å². The Balaban J connectivity index is 2.01. The first-order chi connectivity index (χ1) is 10.2. The van der Waals surface area contributed by atoms with Gasteiger partial charge in [0.25, 0.3) is 0 Å². The maximum absolute atomic E-state index is 6.33. The van der Waals surface area contributed by atoms with Gasteiger partial charge in [0.2, 0.25) is 0 Å². The van der Waals surface area contributed by atoms with Gasteiger partial charge >= 0.3 is 0 Å². The van der Waals surface area contributed by atoms with E-state index in [-0.39, 0.29) is 5.41 Å². The number of nitrogens with two attached hydrogens (primary N) is 1. The van der Waals surface area contributed by atoms with E-state index in [9.17, 15) is 0 Å². The molecule has 0 radical (unpaired) electrons. The second kappa shape index (κ2) is 6.05. The van der Waals surface area contributed by atoms with Gasteiger partial charge in [-0.15, -0.1) is 0 Å². The van der Waals surface area contributed by atoms with Crippen LogP contribution in [0.4, 0.5) is 0 Å². The summed E-state index contributed by atoms with van der Waals surface area (Å²) < 4.78 is 11.9. The maximum atomic E-state index is 6.33. The molecule has 0 heterocycles. The molecule has 0 saturated heterocycles. The molecule has 0 spiro atoms. The minimum Gasteiger partial charge on any atom is -0.493 e. The van der Waals surface area contributed by atoms with E-state index in [2.05, 4.69) is 0 Å². The summed E-state index contributed by atoms with van der Waals surface area (Å²) >= 11 is 6.29. The summed E-state index contributed by atoms with van der Waals surface area (Å²) in [5.74, 6) is 1.61. The molecule has 4 heteroatoms. The summed E-state index contributed by atoms with van der Waals surface area (Å²) in [5, 5.41) is 0.695. The molecule has 0 aromatic heterocycles. The van der Waals surface area contributed by atoms with Crippen molar-refractivity contribution in [3.63, 3.8) is 0 Å². The fourth-order valence-corrected chi connectivity index (χ4v) is 3.80. The van der Waals surface area contributed by atoms with Crippen LogP contribution < -0.4 is 15.2 Å². The van der Waals surface area contributed by atoms with Crippen molar-refractivity contribution in [1.29, 1.82) is 0 Å². The molecule has 0 amide bonds. The molecule has 3 nitrogen and oxygen atoms in total. The lowest BCUT2D eigenvalue weighted by Gasteiger charge is -2.42. The molecule has 0 bridgehead atoms. The molecule has 2 N–H and O–H groups in total. The zero-order chi connectivity index (χ0) is 14.9. The second-order valence-corrected chi connectivity index (χ2v) is 6.78. The average Bonchev–Trinajstić information content (AvgIpc) is 2.93. The first-order valence-electron chi connectivity index (χ1n) is 7.93. The van der Waals surface area contributed by atoms with Gasteiger partial charge in [0.1, 0.15) is 0 Å². The maximum Gasteiger partial charge on any atom is 0.165 e. The van der Waals surface area contributed by atoms with Crippen molar-refractivity contribution >= 4 is 11.6 Å². The Kier molecular flexibility index (Phi) is 4.32. The molecule has 1 aromatic carbocycles. The molecule has 2 saturated carbocycles. The third kappa shape index (κ3) is 2.74. The fraction of sp³-hybridized carbons (Fsp3) is 0.647. The number of rotatable bonds is 5. The highest BCUT2D eigenvalue weighted by molar-refractivity contribution is 6.30. The summed E-state index contributed by atoms with van der Waals surface area (Å²) in [6.07, 6.45) is 8.47. The highest BCUT2D eigenvalue weighted by atomic mass is 35.5. The van der Waals surface area contributed by atoms with Gasteiger partial charge in [-0.1, -0.05) is 18.0 Å². The lowest BCUT2D eigenvalue weighted by molar-refractivity contribution is 0.182. The van der Waals surface area contributed by atoms with Gasteiger partial charge in [-0.25, -0.2) is 0 Å². The van der Waals surface area contributed by atoms with E-state index in [0.29, 0.717) is 17.7 Å². The predicted molar refractivity (Wildman–Crippen MR) is 85.5 cm³/mol. The van der Waals surface area contributed by atoms with Crippen LogP contribution in [0.15, 0.2) is 12.1 Å². The van der Waals surface area contributed by atoms with Gasteiger partial charge in [0, 0.05) is 28.6 Å². The van der Waals surface area contributed by atoms with Crippen LogP contribution in [0.5, 0.6) is 11.5 Å². The van der Waals surface area contributed by atoms with Crippen molar-refractivity contribution in [3.05, 3.63) is 22.7 Å². The molecule has 2 fully saturated rings. The highest BCUT2D eigenvalue weighted by Gasteiger charge is 2.41. The second-order valence-electron chi connectivity index (χ2n) is 6.35. The first-order valence-corrected chi connectivity index (χ1v) is 8.31. The zero-order valence-corrected chi connectivity index (χ0v) is 13.4. The lowest BCUT2D eigenvalue weighted by atomic mass is 9.64. The summed E-state index contributed by atoms with van der Waals surface area (Å²) in [6, 6.07) is 3.87. The Morgan fingerprint density at radius 2 is 1.95 bits per heavy atom. The lowest BCUT2D eigenvalue weighted by Crippen LogP contribution is -2.42. The van der Waals surface area contributed by atoms with Gasteiger partial charge in [0.15, 0.2) is 11.5 Å². The third-order valence-electron chi connectivity index (χ3n) is 5.10. The molecule has 0 aliphatic heterocycles. The molecular formula is C17H24ClNO2. The number of hydrogen-bond acceptors (Lipinski definition) is 3. The molecule has 2 aliphatic carbocycles. The van der Waals surface area contributed by atoms with E-state index in [1.165, 1.54) is 19.3 Å². The van der Waals surface area contributed by atoms with Gasteiger partial charge in [-0.2, -0.15) is 0 Å². The van der Waals surface area contributed by atoms with E-state index in [1.54, 1.807) is 7.11 Å². The largest absolute Gasteiger partial charge is 0.493 e. The van der Waals surface area contributed by atoms with Gasteiger partial charge < -0.3 is 15.2 Å². The summed E-state index contributed by atoms with van der Waals surface area (Å²) in [5.41, 5.74) is 7.25. The van der Waals surface area contributed by atoms with Crippen molar-refractivity contribution in [2.24, 2.45) is 5.73 Å². The minimum atomic E-state index is 0.0200. The Morgan fingerprint density at radius 1 is 1.24 bits per heavy atom. The highest BCUT2D eigenvalue weighted by Crippen LogP contribution is 2.50. The zero-order valence-electron chi connectivity index (χ0n) is 12.7. The van der Waals surface area contributed by atoms with Crippen molar-refractivity contribution in [2.75, 3.05) is 13.7 Å². The van der Waals surface area contributed by atoms with Crippen LogP contribution in [0.25, 0.3) is 0 Å². The monoisotopic (exact) mass is 309 g/mol. The predicted octanol–water partition coefficient (Wildman–Crippen LogP) is 4.05. The fourth-order valence-electron chi connectivity index (χ4n) is 3.60. The third-order valence-corrected chi connectivity index (χ3v) is 5.32. The topological polar surface area (TPSA) is 44.5 Å². The average molecular weight is 310 g/mol. The SMILES string of the molecule is COc1cc(Cl)cc(C2(CN)CCC2)c1OC1CCCC1. The number of benzene rings is 1. The molecule has 1 aromatic rings. The Morgan fingerprint density at radius 3 is 2.48 bits per heavy atom. The van der Waals surface area contributed by atoms with Crippen molar-refractivity contribution in [1.82, 2.24) is 0 Å². The van der Waals surface area contributed by atoms with Crippen LogP contribution >= 0.6 is 11.6 Å². The van der Waals surface area contributed by atoms with Crippen molar-refractivity contribution in [2.45, 2.75) is 56.5 Å². The number of methoxy groups -OCH3 is 1. The summed E-state index contributed by atoms with van der Waals surface area (Å²) in [7, 11) is 1.67. The summed E-state index contributed by atoms with van der Waals surface area (Å²) in [4.78, 5) is 0. The molecule has 3 rings (SSSR count). The van der Waals surface area contributed by atoms with E-state index >= 15 is 0 Å². The van der Waals surface area contributed by atoms with Crippen LogP contribution in [0.3, 0.4) is 0 Å². The smallest absolute Gasteiger partial charge is 0.165 e.